The van der Waals surface area contributed by atoms with Gasteiger partial charge in [0.15, 0.2) is 6.10 Å². The van der Waals surface area contributed by atoms with Crippen LogP contribution in [0.1, 0.15) is 32.8 Å². The molecule has 7 nitrogen and oxygen atoms in total. The van der Waals surface area contributed by atoms with Crippen LogP contribution in [0, 0.1) is 0 Å². The van der Waals surface area contributed by atoms with E-state index >= 15 is 0 Å². The summed E-state index contributed by atoms with van der Waals surface area (Å²) >= 11 is 0. The molecule has 0 radical (unpaired) electrons. The highest BCUT2D eigenvalue weighted by Crippen LogP contribution is 2.24. The van der Waals surface area contributed by atoms with Crippen molar-refractivity contribution in [3.05, 3.63) is 60.5 Å². The zero-order valence-electron chi connectivity index (χ0n) is 15.5. The number of para-hydroxylation sites is 1. The van der Waals surface area contributed by atoms with Crippen LogP contribution in [0.5, 0.6) is 5.75 Å². The van der Waals surface area contributed by atoms with Crippen LogP contribution in [-0.2, 0) is 0 Å². The average Bonchev–Trinajstić information content (AvgIpc) is 3.12. The smallest absolute Gasteiger partial charge is 0.319 e. The Morgan fingerprint density at radius 3 is 2.59 bits per heavy atom. The first-order valence-electron chi connectivity index (χ1n) is 8.74. The summed E-state index contributed by atoms with van der Waals surface area (Å²) in [5.74, 6) is 1.54. The Kier molecular flexibility index (Phi) is 5.71. The van der Waals surface area contributed by atoms with Crippen molar-refractivity contribution in [1.82, 2.24) is 15.5 Å². The summed E-state index contributed by atoms with van der Waals surface area (Å²) in [5, 5.41) is 9.58. The van der Waals surface area contributed by atoms with Crippen molar-refractivity contribution in [2.24, 2.45) is 0 Å². The second-order valence-corrected chi connectivity index (χ2v) is 6.36. The van der Waals surface area contributed by atoms with Crippen molar-refractivity contribution in [3.8, 4) is 17.1 Å². The molecule has 2 aromatic carbocycles. The summed E-state index contributed by atoms with van der Waals surface area (Å²) in [6.45, 7) is 5.64. The van der Waals surface area contributed by atoms with Gasteiger partial charge in [-0.15, -0.1) is 0 Å². The van der Waals surface area contributed by atoms with E-state index in [0.717, 1.165) is 11.3 Å². The van der Waals surface area contributed by atoms with E-state index in [4.69, 9.17) is 9.26 Å². The number of carbonyl (C=O) groups is 1. The minimum atomic E-state index is -0.383. The van der Waals surface area contributed by atoms with Crippen LogP contribution in [0.25, 0.3) is 11.4 Å². The third-order valence-electron chi connectivity index (χ3n) is 3.64. The fourth-order valence-electron chi connectivity index (χ4n) is 2.44. The van der Waals surface area contributed by atoms with Crippen LogP contribution in [0.15, 0.2) is 59.1 Å². The number of nitrogens with zero attached hydrogens (tertiary/aromatic N) is 2. The lowest BCUT2D eigenvalue weighted by atomic mass is 10.2. The van der Waals surface area contributed by atoms with E-state index in [1.165, 1.54) is 0 Å². The lowest BCUT2D eigenvalue weighted by Gasteiger charge is -2.10. The van der Waals surface area contributed by atoms with Crippen LogP contribution in [0.3, 0.4) is 0 Å². The molecule has 0 aliphatic carbocycles. The molecular formula is C20H22N4O3. The third kappa shape index (κ3) is 5.07. The number of hydrogen-bond donors (Lipinski definition) is 2. The van der Waals surface area contributed by atoms with Crippen LogP contribution in [0.4, 0.5) is 10.5 Å². The maximum Gasteiger partial charge on any atom is 0.319 e. The van der Waals surface area contributed by atoms with E-state index in [0.29, 0.717) is 17.4 Å². The molecule has 0 unspecified atom stereocenters. The highest BCUT2D eigenvalue weighted by molar-refractivity contribution is 5.90. The number of carbonyl (C=O) groups excluding carboxylic acids is 1. The van der Waals surface area contributed by atoms with E-state index in [1.54, 1.807) is 12.1 Å². The normalized spacial score (nSPS) is 11.9. The van der Waals surface area contributed by atoms with E-state index in [2.05, 4.69) is 20.8 Å². The van der Waals surface area contributed by atoms with E-state index < -0.39 is 0 Å². The van der Waals surface area contributed by atoms with Gasteiger partial charge in [-0.1, -0.05) is 35.5 Å². The van der Waals surface area contributed by atoms with E-state index in [1.807, 2.05) is 63.2 Å². The van der Waals surface area contributed by atoms with Gasteiger partial charge < -0.3 is 19.9 Å². The topological polar surface area (TPSA) is 89.3 Å². The fraction of sp³-hybridized carbons (Fsp3) is 0.250. The van der Waals surface area contributed by atoms with Crippen molar-refractivity contribution >= 4 is 11.7 Å². The summed E-state index contributed by atoms with van der Waals surface area (Å²) in [7, 11) is 0. The molecule has 2 N–H and O–H groups in total. The molecular weight excluding hydrogens is 344 g/mol. The van der Waals surface area contributed by atoms with Crippen LogP contribution < -0.4 is 15.4 Å². The molecule has 0 fully saturated rings. The molecule has 1 aromatic heterocycles. The molecule has 0 spiro atoms. The molecule has 27 heavy (non-hydrogen) atoms. The highest BCUT2D eigenvalue weighted by atomic mass is 16.5. The summed E-state index contributed by atoms with van der Waals surface area (Å²) in [5.41, 5.74) is 1.38. The highest BCUT2D eigenvalue weighted by Gasteiger charge is 2.17. The van der Waals surface area contributed by atoms with Crippen molar-refractivity contribution in [2.45, 2.75) is 32.9 Å². The average molecular weight is 366 g/mol. The number of benzene rings is 2. The Bertz CT molecular complexity index is 893. The molecule has 0 aliphatic rings. The monoisotopic (exact) mass is 366 g/mol. The zero-order valence-corrected chi connectivity index (χ0v) is 15.5. The van der Waals surface area contributed by atoms with E-state index in [9.17, 15) is 4.79 Å². The summed E-state index contributed by atoms with van der Waals surface area (Å²) in [4.78, 5) is 16.3. The fourth-order valence-corrected chi connectivity index (χ4v) is 2.44. The van der Waals surface area contributed by atoms with Gasteiger partial charge in [0.25, 0.3) is 5.89 Å². The predicted octanol–water partition coefficient (Wildman–Crippen LogP) is 4.41. The molecule has 0 aliphatic heterocycles. The van der Waals surface area contributed by atoms with Gasteiger partial charge >= 0.3 is 6.03 Å². The largest absolute Gasteiger partial charge is 0.481 e. The Labute approximate surface area is 157 Å². The Morgan fingerprint density at radius 2 is 1.85 bits per heavy atom. The summed E-state index contributed by atoms with van der Waals surface area (Å²) in [6.07, 6.45) is -0.383. The number of anilines is 1. The molecule has 0 bridgehead atoms. The first kappa shape index (κ1) is 18.4. The van der Waals surface area contributed by atoms with Crippen LogP contribution in [0.2, 0.25) is 0 Å². The van der Waals surface area contributed by atoms with Crippen molar-refractivity contribution in [2.75, 3.05) is 5.32 Å². The second kappa shape index (κ2) is 8.35. The Hall–Kier alpha value is -3.35. The van der Waals surface area contributed by atoms with Crippen molar-refractivity contribution in [1.29, 1.82) is 0 Å². The molecule has 0 saturated heterocycles. The molecule has 2 amide bonds. The summed E-state index contributed by atoms with van der Waals surface area (Å²) in [6, 6.07) is 16.5. The number of hydrogen-bond acceptors (Lipinski definition) is 5. The molecule has 140 valence electrons. The minimum absolute atomic E-state index is 0.0547. The Morgan fingerprint density at radius 1 is 1.07 bits per heavy atom. The standard InChI is InChI=1S/C20H22N4O3/c1-13(2)21-20(25)22-16-9-7-8-15(12-16)18-23-19(27-24-18)14(3)26-17-10-5-4-6-11-17/h4-14H,1-3H3,(H2,21,22,25)/t14-/m0/s1. The van der Waals surface area contributed by atoms with Gasteiger partial charge in [-0.05, 0) is 45.0 Å². The molecule has 1 heterocycles. The quantitative estimate of drug-likeness (QED) is 0.675. The van der Waals surface area contributed by atoms with Gasteiger partial charge in [0.05, 0.1) is 0 Å². The van der Waals surface area contributed by atoms with Gasteiger partial charge in [0.2, 0.25) is 5.82 Å². The SMILES string of the molecule is CC(C)NC(=O)Nc1cccc(-c2noc([C@H](C)Oc3ccccc3)n2)c1. The number of nitrogens with one attached hydrogen (secondary N) is 2. The van der Waals surface area contributed by atoms with E-state index in [-0.39, 0.29) is 18.2 Å². The number of ether oxygens (including phenoxy) is 1. The van der Waals surface area contributed by atoms with Gasteiger partial charge in [0, 0.05) is 17.3 Å². The number of urea groups is 1. The predicted molar refractivity (Wildman–Crippen MR) is 103 cm³/mol. The third-order valence-corrected chi connectivity index (χ3v) is 3.64. The Balaban J connectivity index is 1.70. The zero-order chi connectivity index (χ0) is 19.2. The molecule has 0 saturated carbocycles. The minimum Gasteiger partial charge on any atom is -0.481 e. The van der Waals surface area contributed by atoms with Gasteiger partial charge in [-0.3, -0.25) is 0 Å². The molecule has 3 aromatic rings. The van der Waals surface area contributed by atoms with Crippen LogP contribution >= 0.6 is 0 Å². The van der Waals surface area contributed by atoms with Gasteiger partial charge in [-0.2, -0.15) is 4.98 Å². The first-order valence-corrected chi connectivity index (χ1v) is 8.74. The molecule has 7 heteroatoms. The van der Waals surface area contributed by atoms with Gasteiger partial charge in [0.1, 0.15) is 5.75 Å². The van der Waals surface area contributed by atoms with Gasteiger partial charge in [-0.25, -0.2) is 4.79 Å². The number of rotatable bonds is 6. The van der Waals surface area contributed by atoms with Crippen LogP contribution in [-0.4, -0.2) is 22.2 Å². The molecule has 3 rings (SSSR count). The lowest BCUT2D eigenvalue weighted by Crippen LogP contribution is -2.34. The molecule has 1 atom stereocenters. The van der Waals surface area contributed by atoms with Crippen molar-refractivity contribution < 1.29 is 14.1 Å². The summed E-state index contributed by atoms with van der Waals surface area (Å²) < 4.78 is 11.1. The maximum absolute atomic E-state index is 11.8. The first-order chi connectivity index (χ1) is 13.0. The lowest BCUT2D eigenvalue weighted by molar-refractivity contribution is 0.176. The number of amides is 2. The van der Waals surface area contributed by atoms with Crippen molar-refractivity contribution in [3.63, 3.8) is 0 Å². The second-order valence-electron chi connectivity index (χ2n) is 6.36. The maximum atomic E-state index is 11.8. The number of aromatic nitrogens is 2.